The largest absolute Gasteiger partial charge is 0.379 e. The fourth-order valence-electron chi connectivity index (χ4n) is 3.49. The summed E-state index contributed by atoms with van der Waals surface area (Å²) in [6.45, 7) is 4.36. The van der Waals surface area contributed by atoms with Crippen molar-refractivity contribution < 1.29 is 17.5 Å². The first-order chi connectivity index (χ1) is 14.5. The van der Waals surface area contributed by atoms with Gasteiger partial charge in [-0.3, -0.25) is 0 Å². The lowest BCUT2D eigenvalue weighted by atomic mass is 10.2. The minimum Gasteiger partial charge on any atom is -0.379 e. The average Bonchev–Trinajstić information content (AvgIpc) is 3.11. The van der Waals surface area contributed by atoms with E-state index in [-0.39, 0.29) is 10.7 Å². The normalized spacial score (nSPS) is 15.7. The van der Waals surface area contributed by atoms with Crippen LogP contribution in [0.1, 0.15) is 18.9 Å². The fourth-order valence-corrected chi connectivity index (χ4v) is 5.95. The Bertz CT molecular complexity index is 1140. The molecule has 1 aromatic heterocycles. The van der Waals surface area contributed by atoms with E-state index >= 15 is 0 Å². The highest BCUT2D eigenvalue weighted by Gasteiger charge is 2.27. The van der Waals surface area contributed by atoms with Gasteiger partial charge in [-0.2, -0.15) is 4.31 Å². The third kappa shape index (κ3) is 4.25. The maximum Gasteiger partial charge on any atom is 0.243 e. The van der Waals surface area contributed by atoms with E-state index < -0.39 is 10.0 Å². The van der Waals surface area contributed by atoms with E-state index in [4.69, 9.17) is 9.72 Å². The van der Waals surface area contributed by atoms with Gasteiger partial charge < -0.3 is 9.30 Å². The van der Waals surface area contributed by atoms with Gasteiger partial charge in [-0.25, -0.2) is 17.8 Å². The number of hydrogen-bond donors (Lipinski definition) is 0. The van der Waals surface area contributed by atoms with Crippen molar-refractivity contribution in [3.8, 4) is 0 Å². The van der Waals surface area contributed by atoms with Crippen LogP contribution >= 0.6 is 11.8 Å². The Balaban J connectivity index is 1.66. The van der Waals surface area contributed by atoms with E-state index in [0.717, 1.165) is 23.6 Å². The second kappa shape index (κ2) is 9.05. The summed E-state index contributed by atoms with van der Waals surface area (Å²) in [5.41, 5.74) is 2.14. The van der Waals surface area contributed by atoms with Crippen molar-refractivity contribution in [2.75, 3.05) is 26.3 Å². The van der Waals surface area contributed by atoms with E-state index in [1.54, 1.807) is 24.3 Å². The summed E-state index contributed by atoms with van der Waals surface area (Å²) in [5, 5.41) is 0.760. The minimum atomic E-state index is -3.58. The molecule has 0 atom stereocenters. The highest BCUT2D eigenvalue weighted by atomic mass is 32.2. The van der Waals surface area contributed by atoms with Gasteiger partial charge in [0.05, 0.1) is 29.1 Å². The first-order valence-electron chi connectivity index (χ1n) is 9.95. The zero-order valence-corrected chi connectivity index (χ0v) is 18.4. The van der Waals surface area contributed by atoms with Crippen LogP contribution in [0.4, 0.5) is 4.39 Å². The molecule has 6 nitrogen and oxygen atoms in total. The first kappa shape index (κ1) is 21.3. The summed E-state index contributed by atoms with van der Waals surface area (Å²) in [7, 11) is -3.58. The van der Waals surface area contributed by atoms with Gasteiger partial charge in [0.1, 0.15) is 5.82 Å². The van der Waals surface area contributed by atoms with Crippen molar-refractivity contribution in [2.45, 2.75) is 35.7 Å². The molecule has 2 aromatic carbocycles. The smallest absolute Gasteiger partial charge is 0.243 e. The molecule has 0 unspecified atom stereocenters. The van der Waals surface area contributed by atoms with Gasteiger partial charge in [-0.05, 0) is 36.2 Å². The van der Waals surface area contributed by atoms with Crippen molar-refractivity contribution in [2.24, 2.45) is 0 Å². The van der Waals surface area contributed by atoms with Crippen LogP contribution in [0.5, 0.6) is 0 Å². The number of imidazole rings is 1. The summed E-state index contributed by atoms with van der Waals surface area (Å²) >= 11 is 1.46. The number of aryl methyl sites for hydroxylation is 1. The van der Waals surface area contributed by atoms with Crippen LogP contribution in [0.25, 0.3) is 11.0 Å². The zero-order chi connectivity index (χ0) is 21.1. The molecule has 4 rings (SSSR count). The third-order valence-corrected chi connectivity index (χ3v) is 7.97. The Morgan fingerprint density at radius 3 is 2.67 bits per heavy atom. The molecule has 0 N–H and O–H groups in total. The minimum absolute atomic E-state index is 0.234. The predicted molar refractivity (Wildman–Crippen MR) is 116 cm³/mol. The van der Waals surface area contributed by atoms with E-state index in [1.165, 1.54) is 22.1 Å². The van der Waals surface area contributed by atoms with Gasteiger partial charge in [0, 0.05) is 25.4 Å². The standard InChI is InChI=1S/C21H24FN3O3S2/c1-2-9-25-20-8-7-17(30(26,27)24-10-12-28-13-11-24)14-19(20)23-21(25)29-15-16-5-3-4-6-18(16)22/h3-8,14H,2,9-13,15H2,1H3. The molecule has 0 saturated carbocycles. The molecule has 1 fully saturated rings. The fraction of sp³-hybridized carbons (Fsp3) is 0.381. The number of morpholine rings is 1. The third-order valence-electron chi connectivity index (χ3n) is 5.05. The maximum absolute atomic E-state index is 14.0. The predicted octanol–water partition coefficient (Wildman–Crippen LogP) is 3.90. The van der Waals surface area contributed by atoms with Crippen LogP contribution in [-0.4, -0.2) is 48.6 Å². The summed E-state index contributed by atoms with van der Waals surface area (Å²) in [6, 6.07) is 11.8. The second-order valence-electron chi connectivity index (χ2n) is 7.09. The Morgan fingerprint density at radius 2 is 1.93 bits per heavy atom. The van der Waals surface area contributed by atoms with Crippen LogP contribution in [0.3, 0.4) is 0 Å². The number of ether oxygens (including phenoxy) is 1. The maximum atomic E-state index is 14.0. The monoisotopic (exact) mass is 449 g/mol. The summed E-state index contributed by atoms with van der Waals surface area (Å²) < 4.78 is 48.8. The molecule has 0 amide bonds. The Labute approximate surface area is 180 Å². The Kier molecular flexibility index (Phi) is 6.43. The lowest BCUT2D eigenvalue weighted by Crippen LogP contribution is -2.40. The van der Waals surface area contributed by atoms with E-state index in [1.807, 2.05) is 12.1 Å². The zero-order valence-electron chi connectivity index (χ0n) is 16.8. The van der Waals surface area contributed by atoms with Crippen molar-refractivity contribution >= 4 is 32.8 Å². The van der Waals surface area contributed by atoms with Crippen LogP contribution in [-0.2, 0) is 27.1 Å². The van der Waals surface area contributed by atoms with Gasteiger partial charge >= 0.3 is 0 Å². The van der Waals surface area contributed by atoms with Crippen LogP contribution < -0.4 is 0 Å². The topological polar surface area (TPSA) is 64.4 Å². The van der Waals surface area contributed by atoms with Crippen molar-refractivity contribution in [3.05, 3.63) is 53.8 Å². The van der Waals surface area contributed by atoms with E-state index in [0.29, 0.717) is 43.1 Å². The lowest BCUT2D eigenvalue weighted by molar-refractivity contribution is 0.0730. The molecule has 2 heterocycles. The molecule has 0 radical (unpaired) electrons. The first-order valence-corrected chi connectivity index (χ1v) is 12.4. The molecule has 30 heavy (non-hydrogen) atoms. The molecule has 1 aliphatic heterocycles. The lowest BCUT2D eigenvalue weighted by Gasteiger charge is -2.26. The number of fused-ring (bicyclic) bond motifs is 1. The van der Waals surface area contributed by atoms with Crippen molar-refractivity contribution in [1.82, 2.24) is 13.9 Å². The molecule has 0 bridgehead atoms. The summed E-state index contributed by atoms with van der Waals surface area (Å²) in [4.78, 5) is 4.93. The summed E-state index contributed by atoms with van der Waals surface area (Å²) in [6.07, 6.45) is 0.909. The molecular weight excluding hydrogens is 425 g/mol. The number of nitrogens with zero attached hydrogens (tertiary/aromatic N) is 3. The molecule has 0 aliphatic carbocycles. The van der Waals surface area contributed by atoms with Gasteiger partial charge in [0.25, 0.3) is 0 Å². The number of benzene rings is 2. The van der Waals surface area contributed by atoms with E-state index in [2.05, 4.69) is 11.5 Å². The highest BCUT2D eigenvalue weighted by Crippen LogP contribution is 2.30. The molecular formula is C21H24FN3O3S2. The molecule has 9 heteroatoms. The number of aromatic nitrogens is 2. The van der Waals surface area contributed by atoms with Gasteiger partial charge in [0.15, 0.2) is 5.16 Å². The van der Waals surface area contributed by atoms with Gasteiger partial charge in [-0.1, -0.05) is 36.9 Å². The molecule has 3 aromatic rings. The number of hydrogen-bond acceptors (Lipinski definition) is 5. The molecule has 1 aliphatic rings. The highest BCUT2D eigenvalue weighted by molar-refractivity contribution is 7.98. The SMILES string of the molecule is CCCn1c(SCc2ccccc2F)nc2cc(S(=O)(=O)N3CCOCC3)ccc21. The van der Waals surface area contributed by atoms with Crippen molar-refractivity contribution in [1.29, 1.82) is 0 Å². The summed E-state index contributed by atoms with van der Waals surface area (Å²) in [5.74, 6) is 0.223. The molecule has 1 saturated heterocycles. The Hall–Kier alpha value is -1.94. The van der Waals surface area contributed by atoms with Gasteiger partial charge in [-0.15, -0.1) is 0 Å². The quantitative estimate of drug-likeness (QED) is 0.512. The van der Waals surface area contributed by atoms with E-state index in [9.17, 15) is 12.8 Å². The number of sulfonamides is 1. The number of rotatable bonds is 7. The van der Waals surface area contributed by atoms with Gasteiger partial charge in [0.2, 0.25) is 10.0 Å². The second-order valence-corrected chi connectivity index (χ2v) is 9.97. The number of thioether (sulfide) groups is 1. The van der Waals surface area contributed by atoms with Crippen LogP contribution in [0.2, 0.25) is 0 Å². The molecule has 0 spiro atoms. The average molecular weight is 450 g/mol. The number of halogens is 1. The van der Waals surface area contributed by atoms with Crippen molar-refractivity contribution in [3.63, 3.8) is 0 Å². The van der Waals surface area contributed by atoms with Crippen LogP contribution in [0.15, 0.2) is 52.5 Å². The molecule has 160 valence electrons. The Morgan fingerprint density at radius 1 is 1.17 bits per heavy atom. The van der Waals surface area contributed by atoms with Crippen LogP contribution in [0, 0.1) is 5.82 Å².